The molecular formula is C39H32N2O10S2. The number of benzene rings is 3. The molecule has 3 N–H and O–H groups in total. The van der Waals surface area contributed by atoms with E-state index >= 15 is 0 Å². The SMILES string of the molecule is COc1ccc(Cn2c(=O)c(O)c(C(=O)O)c3sccc32)cc1.COc1ccc(Cn2c(=O)c(OCc3ccccc3)c(C(=O)O)c3sccc32)cc1. The number of aromatic carboxylic acids is 2. The summed E-state index contributed by atoms with van der Waals surface area (Å²) in [4.78, 5) is 49.0. The van der Waals surface area contributed by atoms with E-state index in [1.54, 1.807) is 53.8 Å². The standard InChI is InChI=1S/C23H19NO5S.C16H13NO5S/c1-28-17-9-7-15(8-10-17)13-24-18-11-12-30-21(18)19(23(26)27)20(22(24)25)29-14-16-5-3-2-4-6-16;1-22-10-4-2-9(3-5-10)8-17-11-6-7-23-14(11)12(16(20)21)13(18)15(17)19/h2-12H,13-14H2,1H3,(H,26,27);2-7,18H,8H2,1H3,(H,20,21). The quantitative estimate of drug-likeness (QED) is 0.126. The van der Waals surface area contributed by atoms with Crippen LogP contribution in [0.15, 0.2) is 111 Å². The van der Waals surface area contributed by atoms with Crippen LogP contribution in [0.25, 0.3) is 20.4 Å². The van der Waals surface area contributed by atoms with Gasteiger partial charge in [-0.2, -0.15) is 0 Å². The van der Waals surface area contributed by atoms with Crippen LogP contribution in [0.5, 0.6) is 23.0 Å². The van der Waals surface area contributed by atoms with Crippen molar-refractivity contribution in [1.82, 2.24) is 9.13 Å². The van der Waals surface area contributed by atoms with Crippen molar-refractivity contribution < 1.29 is 39.1 Å². The summed E-state index contributed by atoms with van der Waals surface area (Å²) < 4.78 is 19.9. The second kappa shape index (κ2) is 15.9. The number of rotatable bonds is 11. The number of nitrogens with zero attached hydrogens (tertiary/aromatic N) is 2. The molecule has 0 saturated heterocycles. The van der Waals surface area contributed by atoms with Crippen molar-refractivity contribution in [3.05, 3.63) is 150 Å². The van der Waals surface area contributed by atoms with Gasteiger partial charge in [0.25, 0.3) is 11.1 Å². The molecule has 270 valence electrons. The van der Waals surface area contributed by atoms with Gasteiger partial charge in [0.15, 0.2) is 5.75 Å². The number of aromatic hydroxyl groups is 1. The van der Waals surface area contributed by atoms with E-state index in [9.17, 15) is 34.5 Å². The Morgan fingerprint density at radius 1 is 0.623 bits per heavy atom. The summed E-state index contributed by atoms with van der Waals surface area (Å²) in [6.45, 7) is 0.622. The maximum absolute atomic E-state index is 13.3. The smallest absolute Gasteiger partial charge is 0.341 e. The Balaban J connectivity index is 0.000000188. The van der Waals surface area contributed by atoms with Crippen molar-refractivity contribution in [2.24, 2.45) is 0 Å². The van der Waals surface area contributed by atoms with Crippen LogP contribution in [0, 0.1) is 0 Å². The number of fused-ring (bicyclic) bond motifs is 2. The van der Waals surface area contributed by atoms with Gasteiger partial charge in [-0.25, -0.2) is 9.59 Å². The number of carboxylic acids is 2. The average Bonchev–Trinajstić information content (AvgIpc) is 3.85. The number of thiophene rings is 2. The number of aromatic nitrogens is 2. The first-order valence-electron chi connectivity index (χ1n) is 16.0. The molecule has 0 spiro atoms. The van der Waals surface area contributed by atoms with Crippen molar-refractivity contribution >= 4 is 55.0 Å². The Kier molecular flexibility index (Phi) is 10.9. The molecule has 0 amide bonds. The fourth-order valence-corrected chi connectivity index (χ4v) is 7.56. The van der Waals surface area contributed by atoms with Gasteiger partial charge >= 0.3 is 11.9 Å². The van der Waals surface area contributed by atoms with Crippen LogP contribution in [0.3, 0.4) is 0 Å². The van der Waals surface area contributed by atoms with E-state index in [2.05, 4.69) is 0 Å². The van der Waals surface area contributed by atoms with Crippen molar-refractivity contribution in [3.8, 4) is 23.0 Å². The van der Waals surface area contributed by atoms with Gasteiger partial charge in [0.2, 0.25) is 5.75 Å². The molecule has 0 unspecified atom stereocenters. The van der Waals surface area contributed by atoms with Gasteiger partial charge in [-0.1, -0.05) is 54.6 Å². The lowest BCUT2D eigenvalue weighted by Gasteiger charge is -2.15. The Bertz CT molecular complexity index is 2540. The van der Waals surface area contributed by atoms with Crippen molar-refractivity contribution in [2.75, 3.05) is 14.2 Å². The zero-order valence-electron chi connectivity index (χ0n) is 28.3. The molecule has 0 atom stereocenters. The number of carboxylic acid groups (broad SMARTS) is 2. The van der Waals surface area contributed by atoms with Crippen LogP contribution in [-0.2, 0) is 19.7 Å². The second-order valence-electron chi connectivity index (χ2n) is 11.6. The molecule has 7 rings (SSSR count). The van der Waals surface area contributed by atoms with Crippen molar-refractivity contribution in [2.45, 2.75) is 19.7 Å². The lowest BCUT2D eigenvalue weighted by molar-refractivity contribution is 0.0683. The molecular weight excluding hydrogens is 721 g/mol. The molecule has 4 heterocycles. The Hall–Kier alpha value is -6.38. The zero-order valence-corrected chi connectivity index (χ0v) is 30.0. The van der Waals surface area contributed by atoms with Crippen LogP contribution in [0.4, 0.5) is 0 Å². The molecule has 7 aromatic rings. The maximum atomic E-state index is 13.3. The van der Waals surface area contributed by atoms with Crippen LogP contribution >= 0.6 is 22.7 Å². The number of pyridine rings is 2. The minimum atomic E-state index is -1.32. The fraction of sp³-hybridized carbons (Fsp3) is 0.128. The molecule has 0 fully saturated rings. The highest BCUT2D eigenvalue weighted by Crippen LogP contribution is 2.31. The number of hydrogen-bond acceptors (Lipinski definition) is 10. The number of ether oxygens (including phenoxy) is 3. The number of hydrogen-bond donors (Lipinski definition) is 3. The third-order valence-electron chi connectivity index (χ3n) is 8.33. The van der Waals surface area contributed by atoms with Gasteiger partial charge in [-0.05, 0) is 63.8 Å². The molecule has 12 nitrogen and oxygen atoms in total. The minimum Gasteiger partial charge on any atom is -0.502 e. The third kappa shape index (κ3) is 7.64. The normalized spacial score (nSPS) is 10.8. The van der Waals surface area contributed by atoms with E-state index in [0.29, 0.717) is 26.2 Å². The maximum Gasteiger partial charge on any atom is 0.341 e. The van der Waals surface area contributed by atoms with Crippen LogP contribution < -0.4 is 25.3 Å². The molecule has 0 saturated carbocycles. The molecule has 0 aliphatic rings. The van der Waals surface area contributed by atoms with E-state index in [1.165, 1.54) is 27.2 Å². The lowest BCUT2D eigenvalue weighted by Crippen LogP contribution is -2.25. The Morgan fingerprint density at radius 3 is 1.57 bits per heavy atom. The first-order valence-corrected chi connectivity index (χ1v) is 17.7. The summed E-state index contributed by atoms with van der Waals surface area (Å²) >= 11 is 2.45. The predicted molar refractivity (Wildman–Crippen MR) is 203 cm³/mol. The van der Waals surface area contributed by atoms with Crippen LogP contribution in [0.1, 0.15) is 37.4 Å². The molecule has 4 aromatic heterocycles. The monoisotopic (exact) mass is 752 g/mol. The molecule has 0 aliphatic heterocycles. The van der Waals surface area contributed by atoms with E-state index in [1.807, 2.05) is 66.7 Å². The summed E-state index contributed by atoms with van der Waals surface area (Å²) in [7, 11) is 3.16. The lowest BCUT2D eigenvalue weighted by atomic mass is 10.1. The van der Waals surface area contributed by atoms with E-state index in [-0.39, 0.29) is 36.6 Å². The van der Waals surface area contributed by atoms with E-state index in [0.717, 1.165) is 22.4 Å². The summed E-state index contributed by atoms with van der Waals surface area (Å²) in [5.41, 5.74) is 2.02. The molecule has 0 bridgehead atoms. The van der Waals surface area contributed by atoms with Gasteiger partial charge in [0, 0.05) is 0 Å². The summed E-state index contributed by atoms with van der Waals surface area (Å²) in [6.07, 6.45) is 0. The molecule has 3 aromatic carbocycles. The molecule has 14 heteroatoms. The number of carbonyl (C=O) groups is 2. The second-order valence-corrected chi connectivity index (χ2v) is 13.4. The number of methoxy groups -OCH3 is 2. The van der Waals surface area contributed by atoms with Gasteiger partial charge < -0.3 is 29.5 Å². The van der Waals surface area contributed by atoms with Gasteiger partial charge in [0.1, 0.15) is 29.2 Å². The van der Waals surface area contributed by atoms with Gasteiger partial charge in [-0.15, -0.1) is 22.7 Å². The average molecular weight is 753 g/mol. The molecule has 53 heavy (non-hydrogen) atoms. The molecule has 0 radical (unpaired) electrons. The topological polar surface area (TPSA) is 167 Å². The molecule has 0 aliphatic carbocycles. The van der Waals surface area contributed by atoms with Gasteiger partial charge in [-0.3, -0.25) is 18.7 Å². The highest BCUT2D eigenvalue weighted by molar-refractivity contribution is 7.17. The first-order chi connectivity index (χ1) is 25.6. The third-order valence-corrected chi connectivity index (χ3v) is 10.2. The summed E-state index contributed by atoms with van der Waals surface area (Å²) in [5.74, 6) is -1.95. The Labute approximate surface area is 309 Å². The zero-order chi connectivity index (χ0) is 37.6. The van der Waals surface area contributed by atoms with Crippen molar-refractivity contribution in [1.29, 1.82) is 0 Å². The van der Waals surface area contributed by atoms with E-state index in [4.69, 9.17) is 14.2 Å². The summed E-state index contributed by atoms with van der Waals surface area (Å²) in [6, 6.07) is 27.3. The van der Waals surface area contributed by atoms with E-state index < -0.39 is 28.8 Å². The summed E-state index contributed by atoms with van der Waals surface area (Å²) in [5, 5.41) is 32.5. The largest absolute Gasteiger partial charge is 0.502 e. The first kappa shape index (κ1) is 36.4. The van der Waals surface area contributed by atoms with Crippen LogP contribution in [-0.4, -0.2) is 50.6 Å². The minimum absolute atomic E-state index is 0.0908. The van der Waals surface area contributed by atoms with Crippen LogP contribution in [0.2, 0.25) is 0 Å². The fourth-order valence-electron chi connectivity index (χ4n) is 5.70. The highest BCUT2D eigenvalue weighted by Gasteiger charge is 2.25. The Morgan fingerprint density at radius 2 is 1.09 bits per heavy atom. The highest BCUT2D eigenvalue weighted by atomic mass is 32.1. The predicted octanol–water partition coefficient (Wildman–Crippen LogP) is 6.92. The van der Waals surface area contributed by atoms with Gasteiger partial charge in [0.05, 0.1) is 47.7 Å². The van der Waals surface area contributed by atoms with Crippen molar-refractivity contribution in [3.63, 3.8) is 0 Å².